The van der Waals surface area contributed by atoms with E-state index in [-0.39, 0.29) is 26.0 Å². The number of rotatable bonds is 3. The van der Waals surface area contributed by atoms with Gasteiger partial charge in [-0.15, -0.1) is 0 Å². The van der Waals surface area contributed by atoms with Crippen molar-refractivity contribution in [3.8, 4) is 15.8 Å². The van der Waals surface area contributed by atoms with Gasteiger partial charge in [-0.05, 0) is 0 Å². The van der Waals surface area contributed by atoms with E-state index in [1.165, 1.54) is 6.01 Å². The Kier molecular flexibility index (Phi) is 5.82. The molecule has 8 heteroatoms. The first kappa shape index (κ1) is 21.0. The topological polar surface area (TPSA) is 49.7 Å². The third kappa shape index (κ3) is 3.24. The second-order valence-electron chi connectivity index (χ2n) is 6.80. The summed E-state index contributed by atoms with van der Waals surface area (Å²) in [4.78, 5) is 17.0. The van der Waals surface area contributed by atoms with Crippen molar-refractivity contribution in [1.82, 2.24) is 0 Å². The van der Waals surface area contributed by atoms with Gasteiger partial charge in [-0.3, -0.25) is 0 Å². The van der Waals surface area contributed by atoms with Crippen molar-refractivity contribution >= 4 is 106 Å². The Morgan fingerprint density at radius 1 is 1.36 bits per heavy atom. The summed E-state index contributed by atoms with van der Waals surface area (Å²) in [6.45, 7) is 6.25. The molecule has 4 rings (SSSR count). The van der Waals surface area contributed by atoms with Gasteiger partial charge in [-0.25, -0.2) is 0 Å². The van der Waals surface area contributed by atoms with E-state index >= 15 is 0 Å². The van der Waals surface area contributed by atoms with E-state index in [0.29, 0.717) is 0 Å². The fourth-order valence-electron chi connectivity index (χ4n) is 3.81. The van der Waals surface area contributed by atoms with Crippen LogP contribution >= 0.6 is 61.1 Å². The first-order valence-electron chi connectivity index (χ1n) is 8.42. The number of allylic oxidation sites excluding steroid dienone is 5. The van der Waals surface area contributed by atoms with E-state index in [4.69, 9.17) is 4.99 Å². The SMILES string of the molecule is C=CC[Si]1(C)C2=CC(=O)C=CC2=Nc2ccc(O)c(-c3[se]c(I)c(I)c3Br)c21. The molecule has 1 aliphatic heterocycles. The maximum atomic E-state index is 12.2. The molecule has 0 radical (unpaired) electrons. The van der Waals surface area contributed by atoms with Crippen LogP contribution in [0, 0.1) is 6.01 Å². The summed E-state index contributed by atoms with van der Waals surface area (Å²) in [5.41, 5.74) is 2.66. The molecule has 1 N–H and O–H groups in total. The molecule has 142 valence electrons. The van der Waals surface area contributed by atoms with Gasteiger partial charge in [0.1, 0.15) is 0 Å². The summed E-state index contributed by atoms with van der Waals surface area (Å²) in [6, 6.07) is 4.42. The van der Waals surface area contributed by atoms with Crippen LogP contribution in [-0.4, -0.2) is 39.2 Å². The van der Waals surface area contributed by atoms with E-state index < -0.39 is 8.07 Å². The monoisotopic (exact) mass is 741 g/mol. The number of hydrogen-bond acceptors (Lipinski definition) is 3. The molecule has 1 unspecified atom stereocenters. The summed E-state index contributed by atoms with van der Waals surface area (Å²) >= 11 is 8.62. The van der Waals surface area contributed by atoms with Crippen LogP contribution in [0.25, 0.3) is 10.0 Å². The third-order valence-electron chi connectivity index (χ3n) is 5.05. The summed E-state index contributed by atoms with van der Waals surface area (Å²) in [5.74, 6) is 0.278. The number of benzene rings is 1. The summed E-state index contributed by atoms with van der Waals surface area (Å²) in [7, 11) is -2.37. The van der Waals surface area contributed by atoms with Crippen LogP contribution in [-0.2, 0) is 4.79 Å². The summed E-state index contributed by atoms with van der Waals surface area (Å²) in [6.07, 6.45) is 7.07. The number of aliphatic imine (C=N–C) groups is 1. The van der Waals surface area contributed by atoms with Crippen molar-refractivity contribution in [2.45, 2.75) is 12.6 Å². The predicted molar refractivity (Wildman–Crippen MR) is 139 cm³/mol. The number of phenols is 1. The van der Waals surface area contributed by atoms with Crippen LogP contribution in [0.4, 0.5) is 5.69 Å². The Morgan fingerprint density at radius 3 is 2.75 bits per heavy atom. The van der Waals surface area contributed by atoms with Crippen LogP contribution in [0.2, 0.25) is 12.6 Å². The first-order valence-corrected chi connectivity index (χ1v) is 15.8. The molecular formula is C20H14BrI2NO2SeSi. The van der Waals surface area contributed by atoms with Crippen molar-refractivity contribution < 1.29 is 9.90 Å². The molecule has 2 heterocycles. The second kappa shape index (κ2) is 7.77. The molecule has 2 aromatic rings. The molecule has 28 heavy (non-hydrogen) atoms. The molecule has 0 spiro atoms. The number of phenolic OH excluding ortho intramolecular Hbond substituents is 1. The number of carbonyl (C=O) groups excluding carboxylic acids is 1. The quantitative estimate of drug-likeness (QED) is 0.203. The Balaban J connectivity index is 2.12. The zero-order chi connectivity index (χ0) is 20.2. The number of carbonyl (C=O) groups is 1. The summed E-state index contributed by atoms with van der Waals surface area (Å²) < 4.78 is 4.72. The molecular weight excluding hydrogens is 727 g/mol. The van der Waals surface area contributed by atoms with Gasteiger partial charge in [-0.1, -0.05) is 0 Å². The van der Waals surface area contributed by atoms with Crippen molar-refractivity contribution in [1.29, 1.82) is 0 Å². The van der Waals surface area contributed by atoms with E-state index in [1.54, 1.807) is 18.2 Å². The van der Waals surface area contributed by atoms with Gasteiger partial charge in [-0.2, -0.15) is 0 Å². The van der Waals surface area contributed by atoms with Gasteiger partial charge in [0.05, 0.1) is 0 Å². The minimum atomic E-state index is -2.37. The molecule has 1 aliphatic carbocycles. The average molecular weight is 741 g/mol. The Hall–Kier alpha value is -0.264. The number of nitrogens with zero attached hydrogens (tertiary/aromatic N) is 1. The van der Waals surface area contributed by atoms with Crippen LogP contribution in [0.15, 0.2) is 57.7 Å². The van der Waals surface area contributed by atoms with E-state index in [2.05, 4.69) is 74.2 Å². The first-order chi connectivity index (χ1) is 13.3. The second-order valence-corrected chi connectivity index (χ2v) is 17.6. The molecule has 3 nitrogen and oxygen atoms in total. The van der Waals surface area contributed by atoms with Crippen molar-refractivity contribution in [2.75, 3.05) is 0 Å². The number of halogens is 3. The predicted octanol–water partition coefficient (Wildman–Crippen LogP) is 5.25. The number of aromatic hydroxyl groups is 1. The fraction of sp³-hybridized carbons (Fsp3) is 0.100. The zero-order valence-electron chi connectivity index (χ0n) is 14.7. The van der Waals surface area contributed by atoms with Crippen LogP contribution < -0.4 is 5.19 Å². The third-order valence-corrected chi connectivity index (χ3v) is 18.2. The zero-order valence-corrected chi connectivity index (χ0v) is 23.3. The Labute approximate surface area is 205 Å². The van der Waals surface area contributed by atoms with Gasteiger partial charge in [0.25, 0.3) is 0 Å². The number of hydrogen-bond donors (Lipinski definition) is 1. The summed E-state index contributed by atoms with van der Waals surface area (Å²) in [5, 5.41) is 13.1. The normalized spacial score (nSPS) is 20.4. The van der Waals surface area contributed by atoms with E-state index in [1.807, 2.05) is 18.2 Å². The van der Waals surface area contributed by atoms with E-state index in [9.17, 15) is 9.90 Å². The molecule has 0 saturated carbocycles. The van der Waals surface area contributed by atoms with Crippen LogP contribution in [0.5, 0.6) is 5.75 Å². The maximum absolute atomic E-state index is 12.2. The van der Waals surface area contributed by atoms with E-state index in [0.717, 1.165) is 42.3 Å². The molecule has 2 aliphatic rings. The molecule has 0 fully saturated rings. The Bertz CT molecular complexity index is 1150. The molecule has 1 aromatic carbocycles. The van der Waals surface area contributed by atoms with Crippen molar-refractivity contribution in [3.63, 3.8) is 0 Å². The van der Waals surface area contributed by atoms with Gasteiger partial charge in [0.2, 0.25) is 0 Å². The molecule has 1 aromatic heterocycles. The fourth-order valence-corrected chi connectivity index (χ4v) is 13.9. The van der Waals surface area contributed by atoms with Gasteiger partial charge >= 0.3 is 208 Å². The number of fused-ring (bicyclic) bond motifs is 2. The molecule has 0 bridgehead atoms. The molecule has 1 atom stereocenters. The van der Waals surface area contributed by atoms with Gasteiger partial charge < -0.3 is 0 Å². The standard InChI is InChI=1S/C20H14BrI2NO2SeSi/c1-3-8-28(2)14-9-10(25)4-5-11(14)24-12-6-7-13(26)15(19(12)28)18-16(21)17(22)20(23)27-18/h3-7,9,26H,1,8H2,2H3. The number of ketones is 1. The molecule has 0 saturated heterocycles. The van der Waals surface area contributed by atoms with Crippen molar-refractivity contribution in [3.05, 3.63) is 58.7 Å². The van der Waals surface area contributed by atoms with Crippen LogP contribution in [0.3, 0.4) is 0 Å². The minimum absolute atomic E-state index is 0.00173. The van der Waals surface area contributed by atoms with Crippen molar-refractivity contribution in [2.24, 2.45) is 4.99 Å². The Morgan fingerprint density at radius 2 is 2.11 bits per heavy atom. The van der Waals surface area contributed by atoms with Gasteiger partial charge in [0.15, 0.2) is 0 Å². The molecule has 0 amide bonds. The average Bonchev–Trinajstić information content (AvgIpc) is 2.91. The van der Waals surface area contributed by atoms with Crippen LogP contribution in [0.1, 0.15) is 0 Å². The van der Waals surface area contributed by atoms with Gasteiger partial charge in [0, 0.05) is 0 Å².